The Kier molecular flexibility index (Phi) is 7.28. The summed E-state index contributed by atoms with van der Waals surface area (Å²) in [5.74, 6) is 0.182. The van der Waals surface area contributed by atoms with E-state index in [0.29, 0.717) is 54.4 Å². The van der Waals surface area contributed by atoms with Gasteiger partial charge in [-0.25, -0.2) is 13.8 Å². The zero-order valence-corrected chi connectivity index (χ0v) is 22.1. The molecule has 5 aromatic rings. The SMILES string of the molecule is O=C(c1coc(CSc2nnc(-c3ccccc3)n2-c2ccccc2F)n1)N1CCN(c2ccccc2F)CC1. The van der Waals surface area contributed by atoms with Gasteiger partial charge in [0.15, 0.2) is 16.7 Å². The number of hydrogen-bond donors (Lipinski definition) is 0. The Morgan fingerprint density at radius 3 is 2.17 bits per heavy atom. The second-order valence-electron chi connectivity index (χ2n) is 9.10. The molecule has 0 saturated carbocycles. The number of halogens is 2. The number of thioether (sulfide) groups is 1. The van der Waals surface area contributed by atoms with Crippen LogP contribution in [0.2, 0.25) is 0 Å². The minimum Gasteiger partial charge on any atom is -0.447 e. The van der Waals surface area contributed by atoms with Crippen molar-refractivity contribution < 1.29 is 18.0 Å². The van der Waals surface area contributed by atoms with Gasteiger partial charge in [-0.1, -0.05) is 66.4 Å². The summed E-state index contributed by atoms with van der Waals surface area (Å²) in [5, 5.41) is 9.10. The predicted molar refractivity (Wildman–Crippen MR) is 147 cm³/mol. The number of amides is 1. The zero-order chi connectivity index (χ0) is 27.5. The van der Waals surface area contributed by atoms with E-state index in [1.165, 1.54) is 30.2 Å². The number of carbonyl (C=O) groups excluding carboxylic acids is 1. The lowest BCUT2D eigenvalue weighted by Crippen LogP contribution is -2.49. The highest BCUT2D eigenvalue weighted by atomic mass is 32.2. The molecule has 0 N–H and O–H groups in total. The van der Waals surface area contributed by atoms with Crippen LogP contribution in [0.15, 0.2) is 94.7 Å². The second-order valence-corrected chi connectivity index (χ2v) is 10.0. The molecule has 0 aliphatic carbocycles. The van der Waals surface area contributed by atoms with Crippen LogP contribution in [0.25, 0.3) is 17.1 Å². The molecule has 0 spiro atoms. The lowest BCUT2D eigenvalue weighted by Gasteiger charge is -2.35. The van der Waals surface area contributed by atoms with E-state index in [-0.39, 0.29) is 23.2 Å². The monoisotopic (exact) mass is 558 g/mol. The molecule has 1 aliphatic rings. The van der Waals surface area contributed by atoms with E-state index < -0.39 is 5.82 Å². The third-order valence-corrected chi connectivity index (χ3v) is 7.53. The number of nitrogens with zero attached hydrogens (tertiary/aromatic N) is 6. The molecule has 0 atom stereocenters. The van der Waals surface area contributed by atoms with Crippen LogP contribution in [-0.4, -0.2) is 56.7 Å². The van der Waals surface area contributed by atoms with Crippen molar-refractivity contribution in [2.45, 2.75) is 10.9 Å². The van der Waals surface area contributed by atoms with Crippen molar-refractivity contribution in [2.24, 2.45) is 0 Å². The van der Waals surface area contributed by atoms with Crippen LogP contribution in [0.1, 0.15) is 16.4 Å². The van der Waals surface area contributed by atoms with Crippen LogP contribution in [-0.2, 0) is 5.75 Å². The topological polar surface area (TPSA) is 80.3 Å². The zero-order valence-electron chi connectivity index (χ0n) is 21.3. The standard InChI is InChI=1S/C29H24F2N6O2S/c30-21-10-4-6-12-24(21)35-14-16-36(17-15-35)28(38)23-18-39-26(32-23)19-40-29-34-33-27(20-8-2-1-3-9-20)37(29)25-13-7-5-11-22(25)31/h1-13,18H,14-17,19H2. The van der Waals surface area contributed by atoms with Gasteiger partial charge in [-0.05, 0) is 24.3 Å². The van der Waals surface area contributed by atoms with Crippen molar-refractivity contribution in [2.75, 3.05) is 31.1 Å². The molecule has 6 rings (SSSR count). The van der Waals surface area contributed by atoms with E-state index in [1.807, 2.05) is 35.2 Å². The van der Waals surface area contributed by atoms with Crippen molar-refractivity contribution in [3.63, 3.8) is 0 Å². The fraction of sp³-hybridized carbons (Fsp3) is 0.172. The van der Waals surface area contributed by atoms with Crippen LogP contribution in [0.3, 0.4) is 0 Å². The number of para-hydroxylation sites is 2. The lowest BCUT2D eigenvalue weighted by molar-refractivity contribution is 0.0740. The van der Waals surface area contributed by atoms with Crippen molar-refractivity contribution in [3.8, 4) is 17.1 Å². The molecular formula is C29H24F2N6O2S. The first-order valence-corrected chi connectivity index (χ1v) is 13.7. The Morgan fingerprint density at radius 1 is 0.825 bits per heavy atom. The minimum atomic E-state index is -0.402. The summed E-state index contributed by atoms with van der Waals surface area (Å²) in [4.78, 5) is 21.1. The number of carbonyl (C=O) groups is 1. The highest BCUT2D eigenvalue weighted by Gasteiger charge is 2.26. The lowest BCUT2D eigenvalue weighted by atomic mass is 10.2. The first-order valence-electron chi connectivity index (χ1n) is 12.7. The Balaban J connectivity index is 1.15. The summed E-state index contributed by atoms with van der Waals surface area (Å²) in [6.45, 7) is 1.92. The van der Waals surface area contributed by atoms with Gasteiger partial charge in [0.2, 0.25) is 5.89 Å². The van der Waals surface area contributed by atoms with E-state index in [4.69, 9.17) is 4.42 Å². The fourth-order valence-corrected chi connectivity index (χ4v) is 5.41. The van der Waals surface area contributed by atoms with Crippen molar-refractivity contribution in [3.05, 3.63) is 108 Å². The van der Waals surface area contributed by atoms with Gasteiger partial charge in [0, 0.05) is 31.7 Å². The largest absolute Gasteiger partial charge is 0.447 e. The van der Waals surface area contributed by atoms with Crippen LogP contribution >= 0.6 is 11.8 Å². The maximum absolute atomic E-state index is 14.8. The van der Waals surface area contributed by atoms with Gasteiger partial charge in [0.05, 0.1) is 17.1 Å². The Bertz CT molecular complexity index is 1630. The second kappa shape index (κ2) is 11.3. The van der Waals surface area contributed by atoms with E-state index in [1.54, 1.807) is 45.9 Å². The average molecular weight is 559 g/mol. The van der Waals surface area contributed by atoms with Gasteiger partial charge in [-0.3, -0.25) is 9.36 Å². The Hall–Kier alpha value is -4.51. The first kappa shape index (κ1) is 25.8. The first-order chi connectivity index (χ1) is 19.6. The van der Waals surface area contributed by atoms with Gasteiger partial charge in [0.25, 0.3) is 5.91 Å². The smallest absolute Gasteiger partial charge is 0.275 e. The van der Waals surface area contributed by atoms with E-state index >= 15 is 0 Å². The van der Waals surface area contributed by atoms with E-state index in [2.05, 4.69) is 15.2 Å². The Morgan fingerprint density at radius 2 is 1.48 bits per heavy atom. The number of rotatable bonds is 7. The van der Waals surface area contributed by atoms with Gasteiger partial charge >= 0.3 is 0 Å². The number of benzene rings is 3. The third kappa shape index (κ3) is 5.20. The van der Waals surface area contributed by atoms with Gasteiger partial charge < -0.3 is 14.2 Å². The normalized spacial score (nSPS) is 13.6. The quantitative estimate of drug-likeness (QED) is 0.246. The maximum Gasteiger partial charge on any atom is 0.275 e. The molecule has 0 radical (unpaired) electrons. The highest BCUT2D eigenvalue weighted by Crippen LogP contribution is 2.31. The molecule has 1 amide bonds. The molecule has 1 aliphatic heterocycles. The molecule has 0 unspecified atom stereocenters. The molecule has 1 fully saturated rings. The van der Waals surface area contributed by atoms with E-state index in [0.717, 1.165) is 5.56 Å². The van der Waals surface area contributed by atoms with Gasteiger partial charge in [-0.2, -0.15) is 0 Å². The summed E-state index contributed by atoms with van der Waals surface area (Å²) in [7, 11) is 0. The maximum atomic E-state index is 14.8. The molecule has 0 bridgehead atoms. The molecule has 11 heteroatoms. The van der Waals surface area contributed by atoms with Crippen molar-refractivity contribution in [1.82, 2.24) is 24.6 Å². The van der Waals surface area contributed by atoms with Crippen LogP contribution in [0.4, 0.5) is 14.5 Å². The number of hydrogen-bond acceptors (Lipinski definition) is 7. The van der Waals surface area contributed by atoms with Crippen molar-refractivity contribution in [1.29, 1.82) is 0 Å². The molecule has 8 nitrogen and oxygen atoms in total. The molecular weight excluding hydrogens is 534 g/mol. The summed E-state index contributed by atoms with van der Waals surface area (Å²) in [6, 6.07) is 22.5. The third-order valence-electron chi connectivity index (χ3n) is 6.61. The van der Waals surface area contributed by atoms with Crippen LogP contribution < -0.4 is 4.90 Å². The average Bonchev–Trinajstić information content (AvgIpc) is 3.64. The van der Waals surface area contributed by atoms with Gasteiger partial charge in [-0.15, -0.1) is 10.2 Å². The molecule has 3 heterocycles. The molecule has 1 saturated heterocycles. The highest BCUT2D eigenvalue weighted by molar-refractivity contribution is 7.98. The van der Waals surface area contributed by atoms with Crippen LogP contribution in [0.5, 0.6) is 0 Å². The summed E-state index contributed by atoms with van der Waals surface area (Å²) in [6.07, 6.45) is 1.35. The predicted octanol–water partition coefficient (Wildman–Crippen LogP) is 5.46. The molecule has 2 aromatic heterocycles. The number of anilines is 1. The number of oxazole rings is 1. The number of piperazine rings is 1. The number of aromatic nitrogens is 4. The van der Waals surface area contributed by atoms with Crippen LogP contribution in [0, 0.1) is 11.6 Å². The molecule has 3 aromatic carbocycles. The summed E-state index contributed by atoms with van der Waals surface area (Å²) in [5.41, 5.74) is 1.86. The molecule has 40 heavy (non-hydrogen) atoms. The molecule has 202 valence electrons. The summed E-state index contributed by atoms with van der Waals surface area (Å²) < 4.78 is 36.2. The van der Waals surface area contributed by atoms with Gasteiger partial charge in [0.1, 0.15) is 17.9 Å². The fourth-order valence-electron chi connectivity index (χ4n) is 4.61. The van der Waals surface area contributed by atoms with Crippen molar-refractivity contribution >= 4 is 23.4 Å². The minimum absolute atomic E-state index is 0.204. The summed E-state index contributed by atoms with van der Waals surface area (Å²) >= 11 is 1.28. The van der Waals surface area contributed by atoms with E-state index in [9.17, 15) is 13.6 Å². The Labute approximate surface area is 233 Å².